The summed E-state index contributed by atoms with van der Waals surface area (Å²) >= 11 is 0. The molecule has 98 valence electrons. The van der Waals surface area contributed by atoms with Gasteiger partial charge in [0.15, 0.2) is 0 Å². The van der Waals surface area contributed by atoms with Gasteiger partial charge in [-0.1, -0.05) is 30.3 Å². The number of phenols is 1. The van der Waals surface area contributed by atoms with Crippen LogP contribution in [0, 0.1) is 6.92 Å². The van der Waals surface area contributed by atoms with Crippen molar-refractivity contribution in [1.29, 1.82) is 0 Å². The second kappa shape index (κ2) is 5.44. The smallest absolute Gasteiger partial charge is 0.336 e. The molecule has 2 rings (SSSR count). The maximum atomic E-state index is 11.0. The minimum Gasteiger partial charge on any atom is -0.508 e. The Morgan fingerprint density at radius 2 is 1.89 bits per heavy atom. The third-order valence-corrected chi connectivity index (χ3v) is 2.81. The summed E-state index contributed by atoms with van der Waals surface area (Å²) in [4.78, 5) is 11.0. The number of carboxylic acid groups (broad SMARTS) is 1. The lowest BCUT2D eigenvalue weighted by atomic mass is 10.1. The van der Waals surface area contributed by atoms with Gasteiger partial charge in [-0.2, -0.15) is 0 Å². The normalized spacial score (nSPS) is 10.2. The number of aromatic hydroxyl groups is 1. The van der Waals surface area contributed by atoms with E-state index in [1.807, 2.05) is 30.3 Å². The Balaban J connectivity index is 2.23. The molecule has 0 saturated carbocycles. The highest BCUT2D eigenvalue weighted by molar-refractivity contribution is 5.90. The third-order valence-electron chi connectivity index (χ3n) is 2.81. The Labute approximate surface area is 110 Å². The summed E-state index contributed by atoms with van der Waals surface area (Å²) in [6.45, 7) is 1.98. The monoisotopic (exact) mass is 258 g/mol. The number of rotatable bonds is 4. The van der Waals surface area contributed by atoms with E-state index in [9.17, 15) is 9.90 Å². The number of ether oxygens (including phenoxy) is 1. The molecular weight excluding hydrogens is 244 g/mol. The van der Waals surface area contributed by atoms with Gasteiger partial charge in [0.2, 0.25) is 0 Å². The molecule has 0 amide bonds. The van der Waals surface area contributed by atoms with Crippen LogP contribution in [0.1, 0.15) is 21.5 Å². The van der Waals surface area contributed by atoms with Crippen molar-refractivity contribution >= 4 is 5.97 Å². The second-order valence-electron chi connectivity index (χ2n) is 4.20. The summed E-state index contributed by atoms with van der Waals surface area (Å²) in [6.07, 6.45) is 0. The minimum absolute atomic E-state index is 0.0445. The Bertz CT molecular complexity index is 591. The van der Waals surface area contributed by atoms with E-state index in [4.69, 9.17) is 9.84 Å². The van der Waals surface area contributed by atoms with Gasteiger partial charge in [-0.15, -0.1) is 0 Å². The first kappa shape index (κ1) is 13.0. The standard InChI is InChI=1S/C15H14O4/c1-10-13(15(17)18)7-12(16)8-14(10)19-9-11-5-3-2-4-6-11/h2-8,16H,9H2,1H3,(H,17,18). The lowest BCUT2D eigenvalue weighted by Gasteiger charge is -2.11. The molecule has 0 unspecified atom stereocenters. The van der Waals surface area contributed by atoms with E-state index in [2.05, 4.69) is 0 Å². The molecule has 0 aliphatic rings. The molecule has 4 nitrogen and oxygen atoms in total. The van der Waals surface area contributed by atoms with Crippen molar-refractivity contribution in [1.82, 2.24) is 0 Å². The van der Waals surface area contributed by atoms with Crippen LogP contribution in [0.2, 0.25) is 0 Å². The van der Waals surface area contributed by atoms with Gasteiger partial charge in [0, 0.05) is 11.6 Å². The number of phenolic OH excluding ortho intramolecular Hbond substituents is 1. The first-order valence-corrected chi connectivity index (χ1v) is 5.81. The maximum absolute atomic E-state index is 11.0. The van der Waals surface area contributed by atoms with Crippen LogP contribution in [0.15, 0.2) is 42.5 Å². The molecule has 0 radical (unpaired) electrons. The zero-order valence-corrected chi connectivity index (χ0v) is 10.5. The largest absolute Gasteiger partial charge is 0.508 e. The Kier molecular flexibility index (Phi) is 3.71. The van der Waals surface area contributed by atoms with E-state index < -0.39 is 5.97 Å². The van der Waals surface area contributed by atoms with Crippen molar-refractivity contribution in [2.24, 2.45) is 0 Å². The fourth-order valence-corrected chi connectivity index (χ4v) is 1.78. The fraction of sp³-hybridized carbons (Fsp3) is 0.133. The van der Waals surface area contributed by atoms with Crippen LogP contribution in [0.4, 0.5) is 0 Å². The summed E-state index contributed by atoms with van der Waals surface area (Å²) in [5.41, 5.74) is 1.52. The zero-order valence-electron chi connectivity index (χ0n) is 10.5. The van der Waals surface area contributed by atoms with Crippen LogP contribution in [-0.2, 0) is 6.61 Å². The van der Waals surface area contributed by atoms with Crippen molar-refractivity contribution in [2.75, 3.05) is 0 Å². The zero-order chi connectivity index (χ0) is 13.8. The lowest BCUT2D eigenvalue weighted by molar-refractivity contribution is 0.0695. The molecule has 0 heterocycles. The van der Waals surface area contributed by atoms with E-state index in [0.717, 1.165) is 5.56 Å². The topological polar surface area (TPSA) is 66.8 Å². The molecule has 0 bridgehead atoms. The number of hydrogen-bond donors (Lipinski definition) is 2. The van der Waals surface area contributed by atoms with E-state index >= 15 is 0 Å². The lowest BCUT2D eigenvalue weighted by Crippen LogP contribution is -2.03. The van der Waals surface area contributed by atoms with Crippen LogP contribution in [0.3, 0.4) is 0 Å². The van der Waals surface area contributed by atoms with E-state index in [1.54, 1.807) is 6.92 Å². The van der Waals surface area contributed by atoms with Crippen LogP contribution >= 0.6 is 0 Å². The van der Waals surface area contributed by atoms with Crippen LogP contribution < -0.4 is 4.74 Å². The Morgan fingerprint density at radius 3 is 2.53 bits per heavy atom. The molecule has 0 saturated heterocycles. The van der Waals surface area contributed by atoms with Gasteiger partial charge >= 0.3 is 5.97 Å². The first-order chi connectivity index (χ1) is 9.08. The van der Waals surface area contributed by atoms with Gasteiger partial charge in [0.25, 0.3) is 0 Å². The number of hydrogen-bond acceptors (Lipinski definition) is 3. The molecule has 0 spiro atoms. The number of benzene rings is 2. The highest BCUT2D eigenvalue weighted by atomic mass is 16.5. The summed E-state index contributed by atoms with van der Waals surface area (Å²) in [6, 6.07) is 12.2. The molecule has 0 fully saturated rings. The van der Waals surface area contributed by atoms with Crippen molar-refractivity contribution in [3.05, 3.63) is 59.2 Å². The average molecular weight is 258 g/mol. The van der Waals surface area contributed by atoms with Crippen molar-refractivity contribution in [3.8, 4) is 11.5 Å². The maximum Gasteiger partial charge on any atom is 0.336 e. The van der Waals surface area contributed by atoms with Gasteiger partial charge in [0.1, 0.15) is 18.1 Å². The van der Waals surface area contributed by atoms with Crippen molar-refractivity contribution in [2.45, 2.75) is 13.5 Å². The van der Waals surface area contributed by atoms with Gasteiger partial charge in [-0.3, -0.25) is 0 Å². The molecule has 2 N–H and O–H groups in total. The summed E-state index contributed by atoms with van der Waals surface area (Å²) in [5, 5.41) is 18.6. The highest BCUT2D eigenvalue weighted by Crippen LogP contribution is 2.28. The quantitative estimate of drug-likeness (QED) is 0.884. The summed E-state index contributed by atoms with van der Waals surface area (Å²) < 4.78 is 5.57. The molecule has 2 aromatic carbocycles. The predicted molar refractivity (Wildman–Crippen MR) is 70.6 cm³/mol. The molecule has 4 heteroatoms. The molecular formula is C15H14O4. The van der Waals surface area contributed by atoms with Crippen LogP contribution in [0.25, 0.3) is 0 Å². The highest BCUT2D eigenvalue weighted by Gasteiger charge is 2.13. The Morgan fingerprint density at radius 1 is 1.21 bits per heavy atom. The molecule has 0 atom stereocenters. The van der Waals surface area contributed by atoms with Gasteiger partial charge < -0.3 is 14.9 Å². The second-order valence-corrected chi connectivity index (χ2v) is 4.20. The van der Waals surface area contributed by atoms with Crippen LogP contribution in [0.5, 0.6) is 11.5 Å². The van der Waals surface area contributed by atoms with E-state index in [1.165, 1.54) is 12.1 Å². The molecule has 0 aliphatic carbocycles. The predicted octanol–water partition coefficient (Wildman–Crippen LogP) is 2.98. The Hall–Kier alpha value is -2.49. The van der Waals surface area contributed by atoms with Crippen LogP contribution in [-0.4, -0.2) is 16.2 Å². The fourth-order valence-electron chi connectivity index (χ4n) is 1.78. The number of carbonyl (C=O) groups is 1. The third kappa shape index (κ3) is 3.04. The van der Waals surface area contributed by atoms with Gasteiger partial charge in [-0.25, -0.2) is 4.79 Å². The van der Waals surface area contributed by atoms with Gasteiger partial charge in [0.05, 0.1) is 5.56 Å². The van der Waals surface area contributed by atoms with Crippen molar-refractivity contribution < 1.29 is 19.7 Å². The molecule has 2 aromatic rings. The summed E-state index contributed by atoms with van der Waals surface area (Å²) in [5.74, 6) is -0.828. The number of carboxylic acids is 1. The minimum atomic E-state index is -1.09. The average Bonchev–Trinajstić information content (AvgIpc) is 2.40. The molecule has 0 aromatic heterocycles. The van der Waals surface area contributed by atoms with E-state index in [-0.39, 0.29) is 11.3 Å². The first-order valence-electron chi connectivity index (χ1n) is 5.81. The molecule has 0 aliphatic heterocycles. The number of aromatic carboxylic acids is 1. The van der Waals surface area contributed by atoms with E-state index in [0.29, 0.717) is 17.9 Å². The molecule has 19 heavy (non-hydrogen) atoms. The SMILES string of the molecule is Cc1c(OCc2ccccc2)cc(O)cc1C(=O)O. The summed E-state index contributed by atoms with van der Waals surface area (Å²) in [7, 11) is 0. The van der Waals surface area contributed by atoms with Gasteiger partial charge in [-0.05, 0) is 18.6 Å². The van der Waals surface area contributed by atoms with Crippen molar-refractivity contribution in [3.63, 3.8) is 0 Å².